The molecule has 1 aliphatic carbocycles. The zero-order valence-electron chi connectivity index (χ0n) is 8.59. The molecule has 0 saturated heterocycles. The number of nitrogens with zero attached hydrogens (tertiary/aromatic N) is 1. The van der Waals surface area contributed by atoms with E-state index in [0.717, 1.165) is 19.4 Å². The number of hydrogen-bond acceptors (Lipinski definition) is 2. The van der Waals surface area contributed by atoms with E-state index in [1.807, 2.05) is 18.9 Å². The third-order valence-corrected chi connectivity index (χ3v) is 2.85. The lowest BCUT2D eigenvalue weighted by Crippen LogP contribution is -2.33. The molecule has 0 aromatic rings. The van der Waals surface area contributed by atoms with E-state index in [2.05, 4.69) is 0 Å². The first-order valence-corrected chi connectivity index (χ1v) is 5.05. The molecular weight excluding hydrogens is 169 g/mol. The van der Waals surface area contributed by atoms with Crippen molar-refractivity contribution in [2.24, 2.45) is 5.41 Å². The standard InChI is InChI=1S/C10H20FNO/c1-3-9(11)6-12(2)7-10(8-13)4-5-10/h9,13H,3-8H2,1-2H3. The molecule has 1 fully saturated rings. The van der Waals surface area contributed by atoms with Crippen molar-refractivity contribution < 1.29 is 9.50 Å². The number of rotatable bonds is 6. The Labute approximate surface area is 79.7 Å². The predicted octanol–water partition coefficient (Wildman–Crippen LogP) is 1.44. The minimum atomic E-state index is -0.723. The molecule has 1 saturated carbocycles. The van der Waals surface area contributed by atoms with Crippen LogP contribution in [0.2, 0.25) is 0 Å². The van der Waals surface area contributed by atoms with Gasteiger partial charge in [-0.1, -0.05) is 6.92 Å². The lowest BCUT2D eigenvalue weighted by atomic mass is 10.1. The lowest BCUT2D eigenvalue weighted by Gasteiger charge is -2.23. The normalized spacial score (nSPS) is 21.9. The minimum absolute atomic E-state index is 0.113. The van der Waals surface area contributed by atoms with Gasteiger partial charge in [0.25, 0.3) is 0 Å². The van der Waals surface area contributed by atoms with Gasteiger partial charge < -0.3 is 10.0 Å². The van der Waals surface area contributed by atoms with E-state index in [-0.39, 0.29) is 12.0 Å². The Morgan fingerprint density at radius 1 is 1.54 bits per heavy atom. The van der Waals surface area contributed by atoms with Crippen LogP contribution < -0.4 is 0 Å². The maximum Gasteiger partial charge on any atom is 0.112 e. The molecular formula is C10H20FNO. The second-order valence-corrected chi connectivity index (χ2v) is 4.36. The highest BCUT2D eigenvalue weighted by molar-refractivity contribution is 4.94. The Bertz CT molecular complexity index is 159. The monoisotopic (exact) mass is 189 g/mol. The maximum absolute atomic E-state index is 13.0. The number of aliphatic hydroxyl groups is 1. The van der Waals surface area contributed by atoms with Crippen LogP contribution in [0.3, 0.4) is 0 Å². The highest BCUT2D eigenvalue weighted by atomic mass is 19.1. The van der Waals surface area contributed by atoms with E-state index in [0.29, 0.717) is 13.0 Å². The molecule has 1 unspecified atom stereocenters. The molecule has 1 aliphatic rings. The van der Waals surface area contributed by atoms with Gasteiger partial charge >= 0.3 is 0 Å². The van der Waals surface area contributed by atoms with Crippen LogP contribution in [0.25, 0.3) is 0 Å². The fourth-order valence-corrected chi connectivity index (χ4v) is 1.65. The van der Waals surface area contributed by atoms with E-state index in [1.165, 1.54) is 0 Å². The van der Waals surface area contributed by atoms with Gasteiger partial charge in [-0.2, -0.15) is 0 Å². The molecule has 0 bridgehead atoms. The van der Waals surface area contributed by atoms with Gasteiger partial charge in [0.05, 0.1) is 0 Å². The third kappa shape index (κ3) is 3.24. The molecule has 0 aromatic heterocycles. The molecule has 3 heteroatoms. The second-order valence-electron chi connectivity index (χ2n) is 4.36. The molecule has 2 nitrogen and oxygen atoms in total. The number of aliphatic hydroxyl groups excluding tert-OH is 1. The smallest absolute Gasteiger partial charge is 0.112 e. The largest absolute Gasteiger partial charge is 0.396 e. The van der Waals surface area contributed by atoms with Crippen molar-refractivity contribution in [3.05, 3.63) is 0 Å². The molecule has 0 radical (unpaired) electrons. The summed E-state index contributed by atoms with van der Waals surface area (Å²) in [6, 6.07) is 0. The van der Waals surface area contributed by atoms with E-state index in [1.54, 1.807) is 0 Å². The summed E-state index contributed by atoms with van der Waals surface area (Å²) in [6.45, 7) is 3.44. The van der Waals surface area contributed by atoms with Crippen LogP contribution in [-0.4, -0.2) is 42.9 Å². The highest BCUT2D eigenvalue weighted by Crippen LogP contribution is 2.45. The summed E-state index contributed by atoms with van der Waals surface area (Å²) >= 11 is 0. The number of halogens is 1. The Morgan fingerprint density at radius 2 is 2.15 bits per heavy atom. The van der Waals surface area contributed by atoms with E-state index >= 15 is 0 Å². The van der Waals surface area contributed by atoms with Crippen molar-refractivity contribution in [2.45, 2.75) is 32.4 Å². The molecule has 1 rings (SSSR count). The molecule has 0 spiro atoms. The molecule has 1 N–H and O–H groups in total. The number of hydrogen-bond donors (Lipinski definition) is 1. The van der Waals surface area contributed by atoms with Crippen LogP contribution in [0.4, 0.5) is 4.39 Å². The fourth-order valence-electron chi connectivity index (χ4n) is 1.65. The van der Waals surface area contributed by atoms with Crippen molar-refractivity contribution >= 4 is 0 Å². The van der Waals surface area contributed by atoms with Crippen molar-refractivity contribution in [1.82, 2.24) is 4.90 Å². The Morgan fingerprint density at radius 3 is 2.54 bits per heavy atom. The van der Waals surface area contributed by atoms with Crippen molar-refractivity contribution in [2.75, 3.05) is 26.7 Å². The topological polar surface area (TPSA) is 23.5 Å². The average Bonchev–Trinajstić information content (AvgIpc) is 2.85. The predicted molar refractivity (Wildman–Crippen MR) is 51.4 cm³/mol. The van der Waals surface area contributed by atoms with Crippen molar-refractivity contribution in [3.8, 4) is 0 Å². The first kappa shape index (κ1) is 10.9. The van der Waals surface area contributed by atoms with Crippen LogP contribution in [-0.2, 0) is 0 Å². The van der Waals surface area contributed by atoms with E-state index < -0.39 is 6.17 Å². The van der Waals surface area contributed by atoms with Crippen molar-refractivity contribution in [1.29, 1.82) is 0 Å². The van der Waals surface area contributed by atoms with Crippen LogP contribution in [0.15, 0.2) is 0 Å². The maximum atomic E-state index is 13.0. The summed E-state index contributed by atoms with van der Waals surface area (Å²) in [4.78, 5) is 2.00. The Kier molecular flexibility index (Phi) is 3.68. The van der Waals surface area contributed by atoms with Gasteiger partial charge in [0.15, 0.2) is 0 Å². The van der Waals surface area contributed by atoms with Crippen molar-refractivity contribution in [3.63, 3.8) is 0 Å². The van der Waals surface area contributed by atoms with Gasteiger partial charge in [-0.15, -0.1) is 0 Å². The summed E-state index contributed by atoms with van der Waals surface area (Å²) in [7, 11) is 1.93. The van der Waals surface area contributed by atoms with Crippen LogP contribution >= 0.6 is 0 Å². The Balaban J connectivity index is 2.21. The van der Waals surface area contributed by atoms with Gasteiger partial charge in [-0.3, -0.25) is 0 Å². The van der Waals surface area contributed by atoms with Gasteiger partial charge in [-0.25, -0.2) is 4.39 Å². The second kappa shape index (κ2) is 4.38. The minimum Gasteiger partial charge on any atom is -0.396 e. The summed E-state index contributed by atoms with van der Waals surface area (Å²) in [5.74, 6) is 0. The van der Waals surface area contributed by atoms with E-state index in [9.17, 15) is 4.39 Å². The molecule has 0 aromatic carbocycles. The lowest BCUT2D eigenvalue weighted by molar-refractivity contribution is 0.141. The summed E-state index contributed by atoms with van der Waals surface area (Å²) in [5.41, 5.74) is 0.113. The molecule has 1 atom stereocenters. The molecule has 0 amide bonds. The molecule has 0 aliphatic heterocycles. The first-order valence-electron chi connectivity index (χ1n) is 5.05. The summed E-state index contributed by atoms with van der Waals surface area (Å²) in [5, 5.41) is 9.08. The van der Waals surface area contributed by atoms with Gasteiger partial charge in [0.1, 0.15) is 6.17 Å². The van der Waals surface area contributed by atoms with Crippen LogP contribution in [0.5, 0.6) is 0 Å². The molecule has 78 valence electrons. The molecule has 0 heterocycles. The SMILES string of the molecule is CCC(F)CN(C)CC1(CO)CC1. The quantitative estimate of drug-likeness (QED) is 0.683. The zero-order chi connectivity index (χ0) is 9.90. The van der Waals surface area contributed by atoms with Crippen LogP contribution in [0.1, 0.15) is 26.2 Å². The van der Waals surface area contributed by atoms with Gasteiger partial charge in [0.2, 0.25) is 0 Å². The Hall–Kier alpha value is -0.150. The average molecular weight is 189 g/mol. The molecule has 13 heavy (non-hydrogen) atoms. The zero-order valence-corrected chi connectivity index (χ0v) is 8.59. The first-order chi connectivity index (χ1) is 6.12. The summed E-state index contributed by atoms with van der Waals surface area (Å²) < 4.78 is 13.0. The van der Waals surface area contributed by atoms with E-state index in [4.69, 9.17) is 5.11 Å². The fraction of sp³-hybridized carbons (Fsp3) is 1.00. The third-order valence-electron chi connectivity index (χ3n) is 2.85. The van der Waals surface area contributed by atoms with Gasteiger partial charge in [0, 0.05) is 25.1 Å². The highest BCUT2D eigenvalue weighted by Gasteiger charge is 2.42. The summed E-state index contributed by atoms with van der Waals surface area (Å²) in [6.07, 6.45) is 2.05. The van der Waals surface area contributed by atoms with Crippen LogP contribution in [0, 0.1) is 5.41 Å². The van der Waals surface area contributed by atoms with Gasteiger partial charge in [-0.05, 0) is 26.3 Å². The number of alkyl halides is 1.